The van der Waals surface area contributed by atoms with Gasteiger partial charge in [-0.1, -0.05) is 0 Å². The summed E-state index contributed by atoms with van der Waals surface area (Å²) in [4.78, 5) is 0. The molecule has 0 spiro atoms. The highest BCUT2D eigenvalue weighted by Crippen LogP contribution is 2.00. The molecule has 0 atom stereocenters. The fraction of sp³-hybridized carbons (Fsp3) is 1.00. The van der Waals surface area contributed by atoms with Gasteiger partial charge in [-0.25, -0.2) is 8.42 Å². The predicted octanol–water partition coefficient (Wildman–Crippen LogP) is 0.309. The largest absolute Gasteiger partial charge is 0.218 e. The summed E-state index contributed by atoms with van der Waals surface area (Å²) in [5, 5.41) is 0. The maximum atomic E-state index is 9.96. The van der Waals surface area contributed by atoms with E-state index in [-0.39, 0.29) is 0 Å². The first-order valence-electron chi connectivity index (χ1n) is 1.32. The van der Waals surface area contributed by atoms with E-state index in [1.165, 1.54) is 12.5 Å². The Morgan fingerprint density at radius 1 is 1.50 bits per heavy atom. The highest BCUT2D eigenvalue weighted by atomic mass is 33.1. The molecule has 0 saturated carbocycles. The average molecular weight is 127 g/mol. The fourth-order valence-electron chi connectivity index (χ4n) is 0. The molecular weight excluding hydrogens is 121 g/mol. The van der Waals surface area contributed by atoms with Crippen molar-refractivity contribution in [1.29, 1.82) is 0 Å². The molecule has 0 aromatic carbocycles. The third kappa shape index (κ3) is 4.30. The van der Waals surface area contributed by atoms with Crippen LogP contribution in [0.2, 0.25) is 0 Å². The lowest BCUT2D eigenvalue weighted by atomic mass is 12.0. The van der Waals surface area contributed by atoms with E-state index in [0.29, 0.717) is 0 Å². The summed E-state index contributed by atoms with van der Waals surface area (Å²) >= 11 is 0. The smallest absolute Gasteiger partial charge is 0.198 e. The molecule has 0 amide bonds. The Kier molecular flexibility index (Phi) is 1.93. The van der Waals surface area contributed by atoms with Crippen molar-refractivity contribution in [2.45, 2.75) is 0 Å². The van der Waals surface area contributed by atoms with E-state index in [9.17, 15) is 8.42 Å². The maximum absolute atomic E-state index is 9.96. The molecule has 0 fully saturated rings. The summed E-state index contributed by atoms with van der Waals surface area (Å²) in [6, 6.07) is 0. The van der Waals surface area contributed by atoms with Gasteiger partial charge in [0.25, 0.3) is 0 Å². The second-order valence-corrected chi connectivity index (χ2v) is 5.43. The van der Waals surface area contributed by atoms with Gasteiger partial charge in [0.15, 0.2) is 8.87 Å². The standard InChI is InChI=1S/C2H6O2S2/c1-5-6(2,3)4/h1-2H3/i1+1. The molecule has 0 aromatic heterocycles. The van der Waals surface area contributed by atoms with Crippen LogP contribution in [0, 0.1) is 0 Å². The molecule has 0 radical (unpaired) electrons. The summed E-state index contributed by atoms with van der Waals surface area (Å²) in [7, 11) is -1.89. The Balaban J connectivity index is 3.85. The van der Waals surface area contributed by atoms with Crippen molar-refractivity contribution in [2.24, 2.45) is 0 Å². The SMILES string of the molecule is CS(=O)(=O)S[13CH3]. The van der Waals surface area contributed by atoms with Crippen LogP contribution < -0.4 is 0 Å². The summed E-state index contributed by atoms with van der Waals surface area (Å²) in [5.41, 5.74) is 0. The van der Waals surface area contributed by atoms with Crippen LogP contribution in [0.3, 0.4) is 0 Å². The zero-order chi connectivity index (χ0) is 5.21. The van der Waals surface area contributed by atoms with Gasteiger partial charge in [-0.05, 0) is 17.0 Å². The Hall–Kier alpha value is 0.300. The van der Waals surface area contributed by atoms with E-state index in [0.717, 1.165) is 10.8 Å². The van der Waals surface area contributed by atoms with Crippen molar-refractivity contribution >= 4 is 19.7 Å². The minimum absolute atomic E-state index is 0.854. The zero-order valence-electron chi connectivity index (χ0n) is 3.63. The van der Waals surface area contributed by atoms with Gasteiger partial charge in [-0.3, -0.25) is 0 Å². The Morgan fingerprint density at radius 3 is 1.67 bits per heavy atom. The molecule has 0 rings (SSSR count). The van der Waals surface area contributed by atoms with Crippen LogP contribution in [0.15, 0.2) is 0 Å². The van der Waals surface area contributed by atoms with Crippen LogP contribution in [0.25, 0.3) is 0 Å². The van der Waals surface area contributed by atoms with Gasteiger partial charge in [0.2, 0.25) is 0 Å². The van der Waals surface area contributed by atoms with Gasteiger partial charge < -0.3 is 0 Å². The summed E-state index contributed by atoms with van der Waals surface area (Å²) in [5.74, 6) is 0. The van der Waals surface area contributed by atoms with Crippen molar-refractivity contribution < 1.29 is 8.42 Å². The number of hydrogen-bond donors (Lipinski definition) is 0. The van der Waals surface area contributed by atoms with E-state index >= 15 is 0 Å². The normalized spacial score (nSPS) is 11.7. The van der Waals surface area contributed by atoms with Crippen LogP contribution in [0.5, 0.6) is 0 Å². The lowest BCUT2D eigenvalue weighted by Gasteiger charge is -1.80. The molecule has 2 nitrogen and oxygen atoms in total. The van der Waals surface area contributed by atoms with Crippen molar-refractivity contribution in [3.63, 3.8) is 0 Å². The highest BCUT2D eigenvalue weighted by molar-refractivity contribution is 8.71. The molecule has 0 heterocycles. The Bertz CT molecular complexity index is 112. The van der Waals surface area contributed by atoms with Gasteiger partial charge in [-0.2, -0.15) is 0 Å². The predicted molar refractivity (Wildman–Crippen MR) is 28.4 cm³/mol. The number of rotatable bonds is 1. The van der Waals surface area contributed by atoms with Crippen LogP contribution in [-0.4, -0.2) is 20.9 Å². The van der Waals surface area contributed by atoms with Crippen molar-refractivity contribution in [3.8, 4) is 0 Å². The molecular formula is C2H6O2S2. The van der Waals surface area contributed by atoms with E-state index < -0.39 is 8.87 Å². The first-order valence-corrected chi connectivity index (χ1v) is 4.95. The van der Waals surface area contributed by atoms with Crippen molar-refractivity contribution in [1.82, 2.24) is 0 Å². The Labute approximate surface area is 41.3 Å². The fourth-order valence-corrected chi connectivity index (χ4v) is 0. The average Bonchev–Trinajstić information content (AvgIpc) is 1.35. The van der Waals surface area contributed by atoms with Gasteiger partial charge in [-0.15, -0.1) is 0 Å². The minimum atomic E-state index is -2.75. The molecule has 0 aliphatic rings. The quantitative estimate of drug-likeness (QED) is 0.375. The first-order chi connectivity index (χ1) is 2.56. The van der Waals surface area contributed by atoms with E-state index in [1.807, 2.05) is 0 Å². The summed E-state index contributed by atoms with van der Waals surface area (Å²) < 4.78 is 19.9. The number of hydrogen-bond acceptors (Lipinski definition) is 3. The van der Waals surface area contributed by atoms with Crippen LogP contribution in [0.1, 0.15) is 0 Å². The van der Waals surface area contributed by atoms with Gasteiger partial charge in [0.1, 0.15) is 0 Å². The molecule has 0 aliphatic heterocycles. The molecule has 6 heavy (non-hydrogen) atoms. The third-order valence-corrected chi connectivity index (χ3v) is 2.72. The monoisotopic (exact) mass is 127 g/mol. The zero-order valence-corrected chi connectivity index (χ0v) is 5.27. The Morgan fingerprint density at radius 2 is 1.67 bits per heavy atom. The molecule has 0 N–H and O–H groups in total. The first kappa shape index (κ1) is 6.30. The van der Waals surface area contributed by atoms with Gasteiger partial charge >= 0.3 is 0 Å². The van der Waals surface area contributed by atoms with Crippen molar-refractivity contribution in [3.05, 3.63) is 0 Å². The van der Waals surface area contributed by atoms with Crippen molar-refractivity contribution in [2.75, 3.05) is 12.5 Å². The van der Waals surface area contributed by atoms with Crippen LogP contribution in [0.4, 0.5) is 0 Å². The molecule has 4 heteroatoms. The van der Waals surface area contributed by atoms with E-state index in [2.05, 4.69) is 0 Å². The second kappa shape index (κ2) is 1.84. The van der Waals surface area contributed by atoms with E-state index in [4.69, 9.17) is 0 Å². The molecule has 0 aliphatic carbocycles. The molecule has 0 bridgehead atoms. The highest BCUT2D eigenvalue weighted by Gasteiger charge is 1.91. The third-order valence-electron chi connectivity index (χ3n) is 0.303. The molecule has 0 saturated heterocycles. The second-order valence-electron chi connectivity index (χ2n) is 0.871. The lowest BCUT2D eigenvalue weighted by molar-refractivity contribution is 0.615. The van der Waals surface area contributed by atoms with Crippen LogP contribution >= 0.6 is 10.8 Å². The van der Waals surface area contributed by atoms with E-state index in [1.54, 1.807) is 0 Å². The lowest BCUT2D eigenvalue weighted by Crippen LogP contribution is -1.83. The summed E-state index contributed by atoms with van der Waals surface area (Å²) in [6.45, 7) is 0. The van der Waals surface area contributed by atoms with Gasteiger partial charge in [0, 0.05) is 6.26 Å². The minimum Gasteiger partial charge on any atom is -0.218 e. The molecule has 38 valence electrons. The molecule has 0 unspecified atom stereocenters. The topological polar surface area (TPSA) is 34.1 Å². The maximum Gasteiger partial charge on any atom is 0.198 e. The molecule has 0 aromatic rings. The van der Waals surface area contributed by atoms with Crippen LogP contribution in [-0.2, 0) is 8.87 Å². The van der Waals surface area contributed by atoms with Gasteiger partial charge in [0.05, 0.1) is 0 Å². The summed E-state index contributed by atoms with van der Waals surface area (Å²) in [6.07, 6.45) is 2.72.